The van der Waals surface area contributed by atoms with E-state index in [0.29, 0.717) is 29.4 Å². The number of fused-ring (bicyclic) bond motifs is 1. The minimum absolute atomic E-state index is 0.0112. The van der Waals surface area contributed by atoms with Crippen LogP contribution in [0.1, 0.15) is 43.9 Å². The lowest BCUT2D eigenvalue weighted by molar-refractivity contribution is -0.892. The van der Waals surface area contributed by atoms with Crippen molar-refractivity contribution in [3.63, 3.8) is 0 Å². The van der Waals surface area contributed by atoms with Crippen LogP contribution in [-0.4, -0.2) is 66.2 Å². The van der Waals surface area contributed by atoms with Gasteiger partial charge < -0.3 is 5.11 Å². The molecule has 0 radical (unpaired) electrons. The molecule has 2 saturated heterocycles. The highest BCUT2D eigenvalue weighted by Crippen LogP contribution is 2.40. The number of nitrogens with zero attached hydrogens (tertiary/aromatic N) is 4. The van der Waals surface area contributed by atoms with Crippen molar-refractivity contribution in [3.8, 4) is 0 Å². The molecule has 2 aliphatic rings. The first-order valence-corrected chi connectivity index (χ1v) is 14.0. The third-order valence-electron chi connectivity index (χ3n) is 7.87. The van der Waals surface area contributed by atoms with Crippen molar-refractivity contribution in [2.45, 2.75) is 51.5 Å². The number of rotatable bonds is 4. The fourth-order valence-corrected chi connectivity index (χ4v) is 6.64. The predicted molar refractivity (Wildman–Crippen MR) is 149 cm³/mol. The Morgan fingerprint density at radius 3 is 2.56 bits per heavy atom. The molecule has 0 saturated carbocycles. The van der Waals surface area contributed by atoms with Crippen molar-refractivity contribution in [2.24, 2.45) is 0 Å². The standard InChI is InChI=1S/C28H26ClF3N4O4S/c1-27(2,3)36(26(39)40)9-8-20(15-36)35-24(37)23(41-25(35)38)11-16-4-7-22-18(10-16)13-33-34(22)14-17-5-6-19(29)12-21(17)28(30,31)32/h4-7,10-13,20H,8-9,14-15H2,1-3H3/p+1/b23-11-/t20-,36?/m1/s1. The molecule has 2 aliphatic heterocycles. The van der Waals surface area contributed by atoms with Gasteiger partial charge in [-0.15, -0.1) is 0 Å². The highest BCUT2D eigenvalue weighted by Gasteiger charge is 2.56. The van der Waals surface area contributed by atoms with E-state index < -0.39 is 40.6 Å². The molecule has 8 nitrogen and oxygen atoms in total. The lowest BCUT2D eigenvalue weighted by atomic mass is 10.0. The molecule has 5 rings (SSSR count). The van der Waals surface area contributed by atoms with Crippen LogP contribution in [0, 0.1) is 0 Å². The molecular formula is C28H27ClF3N4O4S+. The molecule has 0 bridgehead atoms. The summed E-state index contributed by atoms with van der Waals surface area (Å²) in [5, 5.41) is 14.4. The molecule has 216 valence electrons. The lowest BCUT2D eigenvalue weighted by Gasteiger charge is -2.40. The van der Waals surface area contributed by atoms with Crippen LogP contribution in [-0.2, 0) is 17.5 Å². The smallest absolute Gasteiger partial charge is 0.435 e. The minimum Gasteiger partial charge on any atom is -0.435 e. The number of carbonyl (C=O) groups excluding carboxylic acids is 2. The highest BCUT2D eigenvalue weighted by atomic mass is 35.5. The summed E-state index contributed by atoms with van der Waals surface area (Å²) >= 11 is 6.60. The molecule has 0 spiro atoms. The molecular weight excluding hydrogens is 581 g/mol. The Balaban J connectivity index is 1.37. The van der Waals surface area contributed by atoms with E-state index in [0.717, 1.165) is 17.8 Å². The number of hydrogen-bond acceptors (Lipinski definition) is 5. The lowest BCUT2D eigenvalue weighted by Crippen LogP contribution is -2.62. The number of carboxylic acid groups (broad SMARTS) is 1. The molecule has 3 aromatic rings. The van der Waals surface area contributed by atoms with Gasteiger partial charge in [0.1, 0.15) is 12.1 Å². The van der Waals surface area contributed by atoms with Crippen LogP contribution in [0.15, 0.2) is 47.5 Å². The van der Waals surface area contributed by atoms with E-state index in [2.05, 4.69) is 5.10 Å². The largest absolute Gasteiger partial charge is 0.514 e. The summed E-state index contributed by atoms with van der Waals surface area (Å²) in [6.45, 7) is 5.82. The SMILES string of the molecule is CC(C)(C)[N+]1(C(=O)O)CC[C@@H](N2C(=O)S/C(=C\c3ccc4c(cnn4Cc4ccc(Cl)cc4C(F)(F)F)c3)C2=O)C1. The fraction of sp³-hybridized carbons (Fsp3) is 0.357. The molecule has 2 fully saturated rings. The summed E-state index contributed by atoms with van der Waals surface area (Å²) in [5.41, 5.74) is -0.213. The molecule has 1 N–H and O–H groups in total. The number of hydrogen-bond donors (Lipinski definition) is 1. The van der Waals surface area contributed by atoms with E-state index in [1.54, 1.807) is 24.3 Å². The molecule has 13 heteroatoms. The molecule has 1 aromatic heterocycles. The van der Waals surface area contributed by atoms with Gasteiger partial charge in [-0.05, 0) is 74.0 Å². The van der Waals surface area contributed by atoms with Crippen molar-refractivity contribution >= 4 is 57.6 Å². The Labute approximate surface area is 242 Å². The monoisotopic (exact) mass is 607 g/mol. The van der Waals surface area contributed by atoms with Crippen molar-refractivity contribution in [2.75, 3.05) is 13.1 Å². The fourth-order valence-electron chi connectivity index (χ4n) is 5.57. The normalized spacial score (nSPS) is 22.9. The number of thioether (sulfide) groups is 1. The summed E-state index contributed by atoms with van der Waals surface area (Å²) in [5.74, 6) is -0.470. The van der Waals surface area contributed by atoms with Gasteiger partial charge in [0.25, 0.3) is 11.1 Å². The number of alkyl halides is 3. The number of imide groups is 1. The maximum absolute atomic E-state index is 13.5. The summed E-state index contributed by atoms with van der Waals surface area (Å²) in [7, 11) is 0. The van der Waals surface area contributed by atoms with Crippen LogP contribution < -0.4 is 0 Å². The van der Waals surface area contributed by atoms with Gasteiger partial charge in [-0.2, -0.15) is 23.1 Å². The first-order chi connectivity index (χ1) is 19.1. The first-order valence-electron chi connectivity index (χ1n) is 12.8. The maximum Gasteiger partial charge on any atom is 0.514 e. The molecule has 0 aliphatic carbocycles. The van der Waals surface area contributed by atoms with Gasteiger partial charge in [-0.25, -0.2) is 4.48 Å². The summed E-state index contributed by atoms with van der Waals surface area (Å²) in [4.78, 5) is 39.8. The second-order valence-electron chi connectivity index (χ2n) is 11.2. The van der Waals surface area contributed by atoms with E-state index in [-0.39, 0.29) is 33.1 Å². The number of quaternary nitrogens is 1. The van der Waals surface area contributed by atoms with Gasteiger partial charge in [0.05, 0.1) is 41.3 Å². The average Bonchev–Trinajstić information content (AvgIpc) is 3.56. The Hall–Kier alpha value is -3.35. The topological polar surface area (TPSA) is 92.5 Å². The third kappa shape index (κ3) is 5.24. The zero-order chi connectivity index (χ0) is 29.9. The number of carbonyl (C=O) groups is 3. The van der Waals surface area contributed by atoms with Crippen molar-refractivity contribution in [1.29, 1.82) is 0 Å². The highest BCUT2D eigenvalue weighted by molar-refractivity contribution is 8.18. The predicted octanol–water partition coefficient (Wildman–Crippen LogP) is 6.86. The Kier molecular flexibility index (Phi) is 7.24. The van der Waals surface area contributed by atoms with E-state index in [4.69, 9.17) is 11.6 Å². The molecule has 1 unspecified atom stereocenters. The van der Waals surface area contributed by atoms with Crippen LogP contribution >= 0.6 is 23.4 Å². The molecule has 41 heavy (non-hydrogen) atoms. The summed E-state index contributed by atoms with van der Waals surface area (Å²) < 4.78 is 41.9. The number of benzene rings is 2. The van der Waals surface area contributed by atoms with Crippen molar-refractivity contribution < 1.29 is 37.1 Å². The minimum atomic E-state index is -4.57. The van der Waals surface area contributed by atoms with E-state index in [1.165, 1.54) is 27.9 Å². The Morgan fingerprint density at radius 1 is 1.20 bits per heavy atom. The van der Waals surface area contributed by atoms with Crippen LogP contribution in [0.5, 0.6) is 0 Å². The van der Waals surface area contributed by atoms with Crippen LogP contribution in [0.2, 0.25) is 5.02 Å². The zero-order valence-electron chi connectivity index (χ0n) is 22.4. The zero-order valence-corrected chi connectivity index (χ0v) is 24.0. The quantitative estimate of drug-likeness (QED) is 0.257. The molecule has 2 aromatic carbocycles. The summed E-state index contributed by atoms with van der Waals surface area (Å²) in [6, 6.07) is 8.22. The summed E-state index contributed by atoms with van der Waals surface area (Å²) in [6.07, 6.45) is -2.05. The second-order valence-corrected chi connectivity index (χ2v) is 12.7. The van der Waals surface area contributed by atoms with Gasteiger partial charge in [0.2, 0.25) is 0 Å². The van der Waals surface area contributed by atoms with Crippen LogP contribution in [0.3, 0.4) is 0 Å². The van der Waals surface area contributed by atoms with Gasteiger partial charge in [-0.1, -0.05) is 23.7 Å². The second kappa shape index (κ2) is 10.2. The van der Waals surface area contributed by atoms with Crippen LogP contribution in [0.4, 0.5) is 22.8 Å². The molecule has 3 amide bonds. The molecule has 2 atom stereocenters. The maximum atomic E-state index is 13.5. The van der Waals surface area contributed by atoms with E-state index >= 15 is 0 Å². The van der Waals surface area contributed by atoms with Crippen molar-refractivity contribution in [3.05, 3.63) is 69.2 Å². The molecule has 3 heterocycles. The number of likely N-dealkylation sites (tertiary alicyclic amines) is 1. The van der Waals surface area contributed by atoms with Gasteiger partial charge in [-0.3, -0.25) is 19.2 Å². The van der Waals surface area contributed by atoms with Gasteiger partial charge >= 0.3 is 12.3 Å². The average molecular weight is 608 g/mol. The number of amides is 3. The van der Waals surface area contributed by atoms with Gasteiger partial charge in [0.15, 0.2) is 0 Å². The Bertz CT molecular complexity index is 1610. The number of aromatic nitrogens is 2. The van der Waals surface area contributed by atoms with Crippen molar-refractivity contribution in [1.82, 2.24) is 14.7 Å². The van der Waals surface area contributed by atoms with E-state index in [1.807, 2.05) is 20.8 Å². The number of halogens is 4. The third-order valence-corrected chi connectivity index (χ3v) is 8.99. The Morgan fingerprint density at radius 2 is 1.93 bits per heavy atom. The van der Waals surface area contributed by atoms with Crippen LogP contribution in [0.25, 0.3) is 17.0 Å². The first kappa shape index (κ1) is 29.2. The van der Waals surface area contributed by atoms with Gasteiger partial charge in [0, 0.05) is 16.8 Å². The van der Waals surface area contributed by atoms with E-state index in [9.17, 15) is 32.7 Å².